The summed E-state index contributed by atoms with van der Waals surface area (Å²) in [4.78, 5) is 24.2. The molecular formula is C16H21NO5. The van der Waals surface area contributed by atoms with Crippen LogP contribution in [0.4, 0.5) is 10.5 Å². The summed E-state index contributed by atoms with van der Waals surface area (Å²) in [6, 6.07) is 7.24. The molecule has 120 valence electrons. The zero-order valence-electron chi connectivity index (χ0n) is 12.9. The molecule has 1 amide bonds. The number of ether oxygens (including phenoxy) is 3. The van der Waals surface area contributed by atoms with Crippen LogP contribution >= 0.6 is 0 Å². The van der Waals surface area contributed by atoms with Gasteiger partial charge >= 0.3 is 6.09 Å². The molecule has 0 aromatic heterocycles. The van der Waals surface area contributed by atoms with E-state index >= 15 is 0 Å². The van der Waals surface area contributed by atoms with E-state index in [-0.39, 0.29) is 18.0 Å². The van der Waals surface area contributed by atoms with Crippen molar-refractivity contribution in [3.8, 4) is 5.75 Å². The van der Waals surface area contributed by atoms with Crippen molar-refractivity contribution in [3.63, 3.8) is 0 Å². The van der Waals surface area contributed by atoms with Crippen LogP contribution in [0, 0.1) is 0 Å². The summed E-state index contributed by atoms with van der Waals surface area (Å²) in [6.07, 6.45) is 0.629. The molecule has 1 unspecified atom stereocenters. The number of nitrogens with zero attached hydrogens (tertiary/aromatic N) is 1. The van der Waals surface area contributed by atoms with Gasteiger partial charge in [0.25, 0.3) is 0 Å². The standard InChI is InChI=1S/C16H21NO5/c1-12(18)4-3-9-21-14-7-5-13(6-8-14)17-10-15(11-20-2)22-16(17)19/h5-8,15H,3-4,9-11H2,1-2H3. The Balaban J connectivity index is 1.86. The molecule has 1 aromatic rings. The second-order valence-corrected chi connectivity index (χ2v) is 5.22. The molecule has 1 aliphatic rings. The van der Waals surface area contributed by atoms with Gasteiger partial charge < -0.3 is 19.0 Å². The summed E-state index contributed by atoms with van der Waals surface area (Å²) < 4.78 is 15.8. The predicted molar refractivity (Wildman–Crippen MR) is 81.3 cm³/mol. The Labute approximate surface area is 129 Å². The first-order chi connectivity index (χ1) is 10.6. The van der Waals surface area contributed by atoms with Gasteiger partial charge in [-0.15, -0.1) is 0 Å². The number of anilines is 1. The first kappa shape index (κ1) is 16.3. The fraction of sp³-hybridized carbons (Fsp3) is 0.500. The Morgan fingerprint density at radius 2 is 2.09 bits per heavy atom. The number of rotatable bonds is 8. The van der Waals surface area contributed by atoms with Crippen molar-refractivity contribution >= 4 is 17.6 Å². The maximum atomic E-state index is 11.8. The van der Waals surface area contributed by atoms with Gasteiger partial charge in [0.05, 0.1) is 19.8 Å². The Morgan fingerprint density at radius 1 is 1.36 bits per heavy atom. The minimum Gasteiger partial charge on any atom is -0.494 e. The molecule has 0 aliphatic carbocycles. The molecule has 0 spiro atoms. The highest BCUT2D eigenvalue weighted by Crippen LogP contribution is 2.24. The number of benzene rings is 1. The van der Waals surface area contributed by atoms with E-state index in [1.54, 1.807) is 31.1 Å². The van der Waals surface area contributed by atoms with E-state index in [2.05, 4.69) is 0 Å². The number of Topliss-reactive ketones (excluding diaryl/α,β-unsaturated/α-hetero) is 1. The first-order valence-electron chi connectivity index (χ1n) is 7.29. The van der Waals surface area contributed by atoms with Crippen LogP contribution < -0.4 is 9.64 Å². The molecule has 1 aromatic carbocycles. The number of carbonyl (C=O) groups excluding carboxylic acids is 2. The van der Waals surface area contributed by atoms with Gasteiger partial charge in [0, 0.05) is 19.2 Å². The van der Waals surface area contributed by atoms with Crippen molar-refractivity contribution in [2.75, 3.05) is 31.8 Å². The molecule has 0 saturated carbocycles. The van der Waals surface area contributed by atoms with Gasteiger partial charge in [-0.25, -0.2) is 4.79 Å². The van der Waals surface area contributed by atoms with Crippen LogP contribution in [0.15, 0.2) is 24.3 Å². The zero-order valence-corrected chi connectivity index (χ0v) is 12.9. The van der Waals surface area contributed by atoms with Crippen LogP contribution in [-0.2, 0) is 14.3 Å². The van der Waals surface area contributed by atoms with Crippen molar-refractivity contribution in [1.82, 2.24) is 0 Å². The third kappa shape index (κ3) is 4.46. The molecule has 1 atom stereocenters. The molecule has 0 bridgehead atoms. The quantitative estimate of drug-likeness (QED) is 0.690. The van der Waals surface area contributed by atoms with Crippen LogP contribution in [0.25, 0.3) is 0 Å². The van der Waals surface area contributed by atoms with Gasteiger partial charge in [-0.3, -0.25) is 4.90 Å². The average Bonchev–Trinajstić information content (AvgIpc) is 2.85. The molecular weight excluding hydrogens is 286 g/mol. The van der Waals surface area contributed by atoms with Crippen molar-refractivity contribution in [3.05, 3.63) is 24.3 Å². The highest BCUT2D eigenvalue weighted by Gasteiger charge is 2.32. The molecule has 6 heteroatoms. The van der Waals surface area contributed by atoms with Crippen molar-refractivity contribution < 1.29 is 23.8 Å². The molecule has 0 N–H and O–H groups in total. The highest BCUT2D eigenvalue weighted by atomic mass is 16.6. The molecule has 0 radical (unpaired) electrons. The number of methoxy groups -OCH3 is 1. The monoisotopic (exact) mass is 307 g/mol. The minimum absolute atomic E-state index is 0.164. The molecule has 1 heterocycles. The summed E-state index contributed by atoms with van der Waals surface area (Å²) in [6.45, 7) is 2.94. The van der Waals surface area contributed by atoms with Crippen LogP contribution in [0.3, 0.4) is 0 Å². The molecule has 1 saturated heterocycles. The third-order valence-corrected chi connectivity index (χ3v) is 3.32. The second kappa shape index (κ2) is 7.79. The Morgan fingerprint density at radius 3 is 2.73 bits per heavy atom. The molecule has 1 fully saturated rings. The van der Waals surface area contributed by atoms with E-state index in [1.807, 2.05) is 12.1 Å². The largest absolute Gasteiger partial charge is 0.494 e. The van der Waals surface area contributed by atoms with Crippen LogP contribution in [0.5, 0.6) is 5.75 Å². The van der Waals surface area contributed by atoms with E-state index in [1.165, 1.54) is 0 Å². The van der Waals surface area contributed by atoms with E-state index in [0.717, 1.165) is 5.69 Å². The molecule has 2 rings (SSSR count). The van der Waals surface area contributed by atoms with Gasteiger partial charge in [0.2, 0.25) is 0 Å². The highest BCUT2D eigenvalue weighted by molar-refractivity contribution is 5.89. The lowest BCUT2D eigenvalue weighted by Gasteiger charge is -2.13. The van der Waals surface area contributed by atoms with E-state index < -0.39 is 0 Å². The topological polar surface area (TPSA) is 65.1 Å². The summed E-state index contributed by atoms with van der Waals surface area (Å²) in [7, 11) is 1.58. The normalized spacial score (nSPS) is 17.5. The maximum Gasteiger partial charge on any atom is 0.414 e. The Hall–Kier alpha value is -2.08. The van der Waals surface area contributed by atoms with Gasteiger partial charge in [0.15, 0.2) is 0 Å². The van der Waals surface area contributed by atoms with Crippen LogP contribution in [0.1, 0.15) is 19.8 Å². The fourth-order valence-corrected chi connectivity index (χ4v) is 2.24. The van der Waals surface area contributed by atoms with Crippen molar-refractivity contribution in [2.24, 2.45) is 0 Å². The number of hydrogen-bond donors (Lipinski definition) is 0. The summed E-state index contributed by atoms with van der Waals surface area (Å²) in [5, 5.41) is 0. The molecule has 6 nitrogen and oxygen atoms in total. The lowest BCUT2D eigenvalue weighted by molar-refractivity contribution is -0.117. The van der Waals surface area contributed by atoms with Crippen molar-refractivity contribution in [1.29, 1.82) is 0 Å². The Kier molecular flexibility index (Phi) is 5.77. The van der Waals surface area contributed by atoms with Crippen LogP contribution in [0.2, 0.25) is 0 Å². The number of carbonyl (C=O) groups is 2. The third-order valence-electron chi connectivity index (χ3n) is 3.32. The second-order valence-electron chi connectivity index (χ2n) is 5.22. The van der Waals surface area contributed by atoms with Crippen molar-refractivity contribution in [2.45, 2.75) is 25.9 Å². The minimum atomic E-state index is -0.364. The van der Waals surface area contributed by atoms with E-state index in [9.17, 15) is 9.59 Å². The number of hydrogen-bond acceptors (Lipinski definition) is 5. The summed E-state index contributed by atoms with van der Waals surface area (Å²) in [5.74, 6) is 0.880. The summed E-state index contributed by atoms with van der Waals surface area (Å²) >= 11 is 0. The van der Waals surface area contributed by atoms with Gasteiger partial charge in [-0.05, 0) is 37.6 Å². The summed E-state index contributed by atoms with van der Waals surface area (Å²) in [5.41, 5.74) is 0.764. The predicted octanol–water partition coefficient (Wildman–Crippen LogP) is 2.41. The lowest BCUT2D eigenvalue weighted by Crippen LogP contribution is -2.25. The van der Waals surface area contributed by atoms with Gasteiger partial charge in [0.1, 0.15) is 17.6 Å². The smallest absolute Gasteiger partial charge is 0.414 e. The van der Waals surface area contributed by atoms with Crippen LogP contribution in [-0.4, -0.2) is 44.8 Å². The Bertz CT molecular complexity index is 514. The maximum absolute atomic E-state index is 11.8. The lowest BCUT2D eigenvalue weighted by atomic mass is 10.2. The van der Waals surface area contributed by atoms with Gasteiger partial charge in [-0.1, -0.05) is 0 Å². The number of cyclic esters (lactones) is 1. The number of ketones is 1. The number of amides is 1. The van der Waals surface area contributed by atoms with E-state index in [4.69, 9.17) is 14.2 Å². The SMILES string of the molecule is COCC1CN(c2ccc(OCCCC(C)=O)cc2)C(=O)O1. The van der Waals surface area contributed by atoms with E-state index in [0.29, 0.717) is 38.3 Å². The average molecular weight is 307 g/mol. The van der Waals surface area contributed by atoms with Gasteiger partial charge in [-0.2, -0.15) is 0 Å². The zero-order chi connectivity index (χ0) is 15.9. The molecule has 1 aliphatic heterocycles. The fourth-order valence-electron chi connectivity index (χ4n) is 2.24. The molecule has 22 heavy (non-hydrogen) atoms. The first-order valence-corrected chi connectivity index (χ1v) is 7.29.